The van der Waals surface area contributed by atoms with Gasteiger partial charge in [-0.05, 0) is 42.5 Å². The van der Waals surface area contributed by atoms with E-state index in [0.29, 0.717) is 18.4 Å². The van der Waals surface area contributed by atoms with Crippen LogP contribution in [0, 0.1) is 0 Å². The molecule has 1 unspecified atom stereocenters. The fourth-order valence-electron chi connectivity index (χ4n) is 2.21. The Morgan fingerprint density at radius 3 is 2.41 bits per heavy atom. The average molecular weight is 300 g/mol. The highest BCUT2D eigenvalue weighted by Gasteiger charge is 2.18. The summed E-state index contributed by atoms with van der Waals surface area (Å²) < 4.78 is 6.56. The van der Waals surface area contributed by atoms with E-state index in [4.69, 9.17) is 10.5 Å². The minimum atomic E-state index is 0.452. The molecule has 1 atom stereocenters. The zero-order valence-corrected chi connectivity index (χ0v) is 12.7. The smallest absolute Gasteiger partial charge is 0.123 e. The zero-order valence-electron chi connectivity index (χ0n) is 11.1. The summed E-state index contributed by atoms with van der Waals surface area (Å²) in [6, 6.07) is 4.23. The molecule has 2 nitrogen and oxygen atoms in total. The van der Waals surface area contributed by atoms with Gasteiger partial charge in [-0.3, -0.25) is 0 Å². The lowest BCUT2D eigenvalue weighted by Crippen LogP contribution is -2.08. The van der Waals surface area contributed by atoms with Crippen LogP contribution in [0.15, 0.2) is 16.6 Å². The molecular weight excluding hydrogens is 278 g/mol. The summed E-state index contributed by atoms with van der Waals surface area (Å²) in [5, 5.41) is 0. The van der Waals surface area contributed by atoms with Gasteiger partial charge in [0.05, 0.1) is 7.11 Å². The van der Waals surface area contributed by atoms with Crippen molar-refractivity contribution in [3.8, 4) is 5.75 Å². The summed E-state index contributed by atoms with van der Waals surface area (Å²) in [5.74, 6) is 1.88. The largest absolute Gasteiger partial charge is 0.496 e. The van der Waals surface area contributed by atoms with Gasteiger partial charge in [-0.25, -0.2) is 0 Å². The predicted octanol–water partition coefficient (Wildman–Crippen LogP) is 4.03. The van der Waals surface area contributed by atoms with Gasteiger partial charge in [-0.2, -0.15) is 0 Å². The molecule has 0 radical (unpaired) electrons. The Kier molecular flexibility index (Phi) is 5.47. The number of hydrogen-bond donors (Lipinski definition) is 1. The molecule has 0 aromatic heterocycles. The minimum Gasteiger partial charge on any atom is -0.496 e. The van der Waals surface area contributed by atoms with Crippen LogP contribution in [0.3, 0.4) is 0 Å². The standard InChI is InChI=1S/C14H22BrNO/c1-9(2)14-12(10(3)5-6-16)7-11(15)8-13(14)17-4/h7-10H,5-6,16H2,1-4H3. The van der Waals surface area contributed by atoms with Crippen LogP contribution in [0.4, 0.5) is 0 Å². The molecule has 0 saturated carbocycles. The molecule has 1 aromatic rings. The van der Waals surface area contributed by atoms with Crippen LogP contribution in [0.25, 0.3) is 0 Å². The summed E-state index contributed by atoms with van der Waals surface area (Å²) in [4.78, 5) is 0. The van der Waals surface area contributed by atoms with E-state index in [2.05, 4.69) is 42.8 Å². The van der Waals surface area contributed by atoms with Crippen LogP contribution in [-0.2, 0) is 0 Å². The Labute approximate surface area is 113 Å². The van der Waals surface area contributed by atoms with Gasteiger partial charge in [0.25, 0.3) is 0 Å². The van der Waals surface area contributed by atoms with Crippen molar-refractivity contribution >= 4 is 15.9 Å². The molecule has 0 aliphatic heterocycles. The van der Waals surface area contributed by atoms with E-state index in [9.17, 15) is 0 Å². The highest BCUT2D eigenvalue weighted by molar-refractivity contribution is 9.10. The lowest BCUT2D eigenvalue weighted by atomic mass is 9.87. The summed E-state index contributed by atoms with van der Waals surface area (Å²) in [6.45, 7) is 7.34. The highest BCUT2D eigenvalue weighted by atomic mass is 79.9. The summed E-state index contributed by atoms with van der Waals surface area (Å²) in [7, 11) is 1.73. The summed E-state index contributed by atoms with van der Waals surface area (Å²) in [5.41, 5.74) is 8.31. The Morgan fingerprint density at radius 2 is 1.94 bits per heavy atom. The second-order valence-electron chi connectivity index (χ2n) is 4.74. The van der Waals surface area contributed by atoms with Crippen LogP contribution in [0.1, 0.15) is 50.2 Å². The maximum absolute atomic E-state index is 5.66. The van der Waals surface area contributed by atoms with Gasteiger partial charge in [0, 0.05) is 10.0 Å². The Bertz CT molecular complexity index is 377. The number of benzene rings is 1. The minimum absolute atomic E-state index is 0.452. The quantitative estimate of drug-likeness (QED) is 0.891. The number of halogens is 1. The number of methoxy groups -OCH3 is 1. The van der Waals surface area contributed by atoms with Gasteiger partial charge in [-0.1, -0.05) is 36.7 Å². The van der Waals surface area contributed by atoms with E-state index in [1.165, 1.54) is 11.1 Å². The highest BCUT2D eigenvalue weighted by Crippen LogP contribution is 2.37. The van der Waals surface area contributed by atoms with Crippen molar-refractivity contribution in [2.45, 2.75) is 39.0 Å². The Hall–Kier alpha value is -0.540. The molecule has 17 heavy (non-hydrogen) atoms. The summed E-state index contributed by atoms with van der Waals surface area (Å²) >= 11 is 3.55. The first-order chi connectivity index (χ1) is 8.01. The predicted molar refractivity (Wildman–Crippen MR) is 76.9 cm³/mol. The van der Waals surface area contributed by atoms with Crippen molar-refractivity contribution < 1.29 is 4.74 Å². The third kappa shape index (κ3) is 3.46. The summed E-state index contributed by atoms with van der Waals surface area (Å²) in [6.07, 6.45) is 0.999. The van der Waals surface area contributed by atoms with Crippen LogP contribution < -0.4 is 10.5 Å². The van der Waals surface area contributed by atoms with Gasteiger partial charge in [0.1, 0.15) is 5.75 Å². The fourth-order valence-corrected chi connectivity index (χ4v) is 2.67. The SMILES string of the molecule is COc1cc(Br)cc(C(C)CCN)c1C(C)C. The van der Waals surface area contributed by atoms with Gasteiger partial charge in [0.2, 0.25) is 0 Å². The molecule has 0 saturated heterocycles. The fraction of sp³-hybridized carbons (Fsp3) is 0.571. The van der Waals surface area contributed by atoms with E-state index in [1.807, 2.05) is 6.07 Å². The lowest BCUT2D eigenvalue weighted by molar-refractivity contribution is 0.405. The van der Waals surface area contributed by atoms with Crippen LogP contribution in [-0.4, -0.2) is 13.7 Å². The third-order valence-corrected chi connectivity index (χ3v) is 3.52. The molecule has 0 amide bonds. The Morgan fingerprint density at radius 1 is 1.29 bits per heavy atom. The first-order valence-electron chi connectivity index (χ1n) is 6.08. The van der Waals surface area contributed by atoms with Crippen molar-refractivity contribution in [2.75, 3.05) is 13.7 Å². The van der Waals surface area contributed by atoms with Gasteiger partial charge in [-0.15, -0.1) is 0 Å². The maximum atomic E-state index is 5.66. The molecule has 0 fully saturated rings. The van der Waals surface area contributed by atoms with E-state index in [0.717, 1.165) is 16.6 Å². The molecule has 96 valence electrons. The first kappa shape index (κ1) is 14.5. The monoisotopic (exact) mass is 299 g/mol. The molecule has 0 aliphatic carbocycles. The van der Waals surface area contributed by atoms with Crippen molar-refractivity contribution in [1.29, 1.82) is 0 Å². The normalized spacial score (nSPS) is 12.9. The number of hydrogen-bond acceptors (Lipinski definition) is 2. The van der Waals surface area contributed by atoms with Crippen molar-refractivity contribution in [3.63, 3.8) is 0 Å². The average Bonchev–Trinajstić information content (AvgIpc) is 2.27. The van der Waals surface area contributed by atoms with Crippen LogP contribution in [0.5, 0.6) is 5.75 Å². The topological polar surface area (TPSA) is 35.2 Å². The number of ether oxygens (including phenoxy) is 1. The van der Waals surface area contributed by atoms with Crippen molar-refractivity contribution in [3.05, 3.63) is 27.7 Å². The number of rotatable bonds is 5. The van der Waals surface area contributed by atoms with E-state index in [1.54, 1.807) is 7.11 Å². The van der Waals surface area contributed by atoms with Crippen molar-refractivity contribution in [2.24, 2.45) is 5.73 Å². The molecule has 0 aliphatic rings. The van der Waals surface area contributed by atoms with Crippen molar-refractivity contribution in [1.82, 2.24) is 0 Å². The molecule has 3 heteroatoms. The number of nitrogens with two attached hydrogens (primary N) is 1. The van der Waals surface area contributed by atoms with Crippen LogP contribution >= 0.6 is 15.9 Å². The maximum Gasteiger partial charge on any atom is 0.123 e. The second-order valence-corrected chi connectivity index (χ2v) is 5.66. The second kappa shape index (κ2) is 6.41. The van der Waals surface area contributed by atoms with Gasteiger partial charge < -0.3 is 10.5 Å². The molecule has 1 rings (SSSR count). The van der Waals surface area contributed by atoms with E-state index in [-0.39, 0.29) is 0 Å². The zero-order chi connectivity index (χ0) is 13.0. The first-order valence-corrected chi connectivity index (χ1v) is 6.87. The van der Waals surface area contributed by atoms with Crippen LogP contribution in [0.2, 0.25) is 0 Å². The molecule has 0 heterocycles. The lowest BCUT2D eigenvalue weighted by Gasteiger charge is -2.21. The molecule has 0 spiro atoms. The van der Waals surface area contributed by atoms with Gasteiger partial charge in [0.15, 0.2) is 0 Å². The molecule has 0 bridgehead atoms. The molecule has 1 aromatic carbocycles. The van der Waals surface area contributed by atoms with E-state index >= 15 is 0 Å². The van der Waals surface area contributed by atoms with Gasteiger partial charge >= 0.3 is 0 Å². The van der Waals surface area contributed by atoms with E-state index < -0.39 is 0 Å². The molecule has 2 N–H and O–H groups in total. The molecular formula is C14H22BrNO. The Balaban J connectivity index is 3.29. The third-order valence-electron chi connectivity index (χ3n) is 3.07.